The Kier molecular flexibility index (Phi) is 3.20. The van der Waals surface area contributed by atoms with Crippen LogP contribution in [-0.4, -0.2) is 15.6 Å². The minimum absolute atomic E-state index is 0.0294. The maximum Gasteiger partial charge on any atom is 0.307 e. The molecule has 1 aromatic carbocycles. The fourth-order valence-corrected chi connectivity index (χ4v) is 4.34. The Morgan fingerprint density at radius 1 is 1.37 bits per heavy atom. The van der Waals surface area contributed by atoms with Crippen molar-refractivity contribution < 1.29 is 9.90 Å². The van der Waals surface area contributed by atoms with Crippen LogP contribution >= 0.6 is 23.1 Å². The van der Waals surface area contributed by atoms with Crippen LogP contribution in [0.3, 0.4) is 0 Å². The summed E-state index contributed by atoms with van der Waals surface area (Å²) in [6.45, 7) is 0.235. The van der Waals surface area contributed by atoms with Crippen molar-refractivity contribution in [2.75, 3.05) is 0 Å². The summed E-state index contributed by atoms with van der Waals surface area (Å²) in [5.41, 5.74) is 1.95. The SMILES string of the molecule is O=C(O)CCn1c2c(sc1=O)CSc1ccccc1-2. The van der Waals surface area contributed by atoms with Crippen LogP contribution in [0.4, 0.5) is 0 Å². The number of hydrogen-bond donors (Lipinski definition) is 1. The zero-order valence-corrected chi connectivity index (χ0v) is 11.6. The van der Waals surface area contributed by atoms with E-state index in [0.29, 0.717) is 0 Å². The van der Waals surface area contributed by atoms with Gasteiger partial charge in [0.2, 0.25) is 0 Å². The number of benzene rings is 1. The first kappa shape index (κ1) is 12.5. The molecule has 0 fully saturated rings. The zero-order valence-electron chi connectivity index (χ0n) is 9.96. The highest BCUT2D eigenvalue weighted by atomic mass is 32.2. The van der Waals surface area contributed by atoms with Crippen LogP contribution in [0.5, 0.6) is 0 Å². The number of thiazole rings is 1. The van der Waals surface area contributed by atoms with Crippen LogP contribution in [0.2, 0.25) is 0 Å². The van der Waals surface area contributed by atoms with E-state index in [1.807, 2.05) is 24.3 Å². The summed E-state index contributed by atoms with van der Waals surface area (Å²) in [5.74, 6) is -0.0999. The third kappa shape index (κ3) is 2.21. The monoisotopic (exact) mass is 293 g/mol. The molecule has 0 bridgehead atoms. The number of hydrogen-bond acceptors (Lipinski definition) is 4. The molecule has 2 aromatic rings. The van der Waals surface area contributed by atoms with Gasteiger partial charge < -0.3 is 5.11 Å². The molecule has 3 rings (SSSR count). The predicted octanol–water partition coefficient (Wildman–Crippen LogP) is 2.66. The number of thioether (sulfide) groups is 1. The van der Waals surface area contributed by atoms with E-state index >= 15 is 0 Å². The topological polar surface area (TPSA) is 59.3 Å². The Morgan fingerprint density at radius 3 is 2.95 bits per heavy atom. The van der Waals surface area contributed by atoms with Crippen molar-refractivity contribution in [2.24, 2.45) is 0 Å². The predicted molar refractivity (Wildman–Crippen MR) is 75.8 cm³/mol. The molecule has 0 atom stereocenters. The largest absolute Gasteiger partial charge is 0.481 e. The van der Waals surface area contributed by atoms with Crippen LogP contribution in [0.25, 0.3) is 11.3 Å². The second-order valence-electron chi connectivity index (χ2n) is 4.22. The molecule has 98 valence electrons. The van der Waals surface area contributed by atoms with Crippen molar-refractivity contribution in [2.45, 2.75) is 23.6 Å². The van der Waals surface area contributed by atoms with Crippen molar-refractivity contribution in [1.82, 2.24) is 4.57 Å². The summed E-state index contributed by atoms with van der Waals surface area (Å²) in [4.78, 5) is 24.8. The number of nitrogens with zero attached hydrogens (tertiary/aromatic N) is 1. The number of fused-ring (bicyclic) bond motifs is 3. The van der Waals surface area contributed by atoms with Crippen molar-refractivity contribution in [1.29, 1.82) is 0 Å². The number of carboxylic acids is 1. The van der Waals surface area contributed by atoms with Crippen molar-refractivity contribution in [3.63, 3.8) is 0 Å². The van der Waals surface area contributed by atoms with E-state index in [4.69, 9.17) is 5.11 Å². The average molecular weight is 293 g/mol. The van der Waals surface area contributed by atoms with Gasteiger partial charge in [-0.15, -0.1) is 11.8 Å². The first-order valence-electron chi connectivity index (χ1n) is 5.83. The van der Waals surface area contributed by atoms with E-state index in [0.717, 1.165) is 26.8 Å². The Bertz CT molecular complexity index is 702. The molecule has 1 aromatic heterocycles. The number of aromatic nitrogens is 1. The van der Waals surface area contributed by atoms with Gasteiger partial charge in [-0.3, -0.25) is 14.2 Å². The Morgan fingerprint density at radius 2 is 2.16 bits per heavy atom. The minimum atomic E-state index is -0.884. The van der Waals surface area contributed by atoms with Crippen molar-refractivity contribution in [3.8, 4) is 11.3 Å². The van der Waals surface area contributed by atoms with Gasteiger partial charge in [-0.1, -0.05) is 29.5 Å². The lowest BCUT2D eigenvalue weighted by atomic mass is 10.1. The molecule has 0 unspecified atom stereocenters. The highest BCUT2D eigenvalue weighted by Crippen LogP contribution is 2.42. The standard InChI is InChI=1S/C13H11NO3S2/c15-11(16)5-6-14-12-8-3-1-2-4-9(8)18-7-10(12)19-13(14)17/h1-4H,5-7H2,(H,15,16). The Hall–Kier alpha value is -1.53. The molecular weight excluding hydrogens is 282 g/mol. The summed E-state index contributed by atoms with van der Waals surface area (Å²) < 4.78 is 1.60. The molecule has 0 radical (unpaired) electrons. The van der Waals surface area contributed by atoms with E-state index in [-0.39, 0.29) is 17.8 Å². The highest BCUT2D eigenvalue weighted by Gasteiger charge is 2.23. The fourth-order valence-electron chi connectivity index (χ4n) is 2.19. The van der Waals surface area contributed by atoms with E-state index < -0.39 is 5.97 Å². The second-order valence-corrected chi connectivity index (χ2v) is 6.28. The molecule has 0 aliphatic carbocycles. The zero-order chi connectivity index (χ0) is 13.4. The van der Waals surface area contributed by atoms with E-state index in [1.165, 1.54) is 11.3 Å². The second kappa shape index (κ2) is 4.86. The van der Waals surface area contributed by atoms with Gasteiger partial charge in [-0.05, 0) is 6.07 Å². The number of carbonyl (C=O) groups is 1. The van der Waals surface area contributed by atoms with E-state index in [1.54, 1.807) is 16.3 Å². The van der Waals surface area contributed by atoms with Gasteiger partial charge in [-0.2, -0.15) is 0 Å². The smallest absolute Gasteiger partial charge is 0.307 e. The molecule has 6 heteroatoms. The van der Waals surface area contributed by atoms with Gasteiger partial charge in [0, 0.05) is 27.6 Å². The lowest BCUT2D eigenvalue weighted by Crippen LogP contribution is -2.17. The average Bonchev–Trinajstić information content (AvgIpc) is 2.72. The summed E-state index contributed by atoms with van der Waals surface area (Å²) in [5, 5.41) is 8.79. The molecule has 1 aliphatic heterocycles. The molecule has 4 nitrogen and oxygen atoms in total. The van der Waals surface area contributed by atoms with Gasteiger partial charge in [0.05, 0.1) is 12.1 Å². The maximum absolute atomic E-state index is 12.0. The van der Waals surface area contributed by atoms with Crippen LogP contribution in [0, 0.1) is 0 Å². The molecule has 0 saturated carbocycles. The fraction of sp³-hybridized carbons (Fsp3) is 0.231. The molecule has 1 N–H and O–H groups in total. The molecular formula is C13H11NO3S2. The quantitative estimate of drug-likeness (QED) is 0.945. The molecule has 1 aliphatic rings. The van der Waals surface area contributed by atoms with E-state index in [9.17, 15) is 9.59 Å². The van der Waals surface area contributed by atoms with Gasteiger partial charge in [0.1, 0.15) is 0 Å². The summed E-state index contributed by atoms with van der Waals surface area (Å²) >= 11 is 2.95. The molecule has 0 saturated heterocycles. The maximum atomic E-state index is 12.0. The summed E-state index contributed by atoms with van der Waals surface area (Å²) in [6, 6.07) is 7.94. The van der Waals surface area contributed by atoms with Crippen molar-refractivity contribution >= 4 is 29.1 Å². The van der Waals surface area contributed by atoms with E-state index in [2.05, 4.69) is 0 Å². The first-order chi connectivity index (χ1) is 9.16. The Labute approximate surface area is 117 Å². The van der Waals surface area contributed by atoms with Gasteiger partial charge >= 0.3 is 10.8 Å². The van der Waals surface area contributed by atoms with Gasteiger partial charge in [0.15, 0.2) is 0 Å². The lowest BCUT2D eigenvalue weighted by Gasteiger charge is -2.17. The molecule has 19 heavy (non-hydrogen) atoms. The lowest BCUT2D eigenvalue weighted by molar-refractivity contribution is -0.137. The minimum Gasteiger partial charge on any atom is -0.481 e. The van der Waals surface area contributed by atoms with Gasteiger partial charge in [-0.25, -0.2) is 0 Å². The summed E-state index contributed by atoms with van der Waals surface area (Å²) in [7, 11) is 0. The third-order valence-corrected chi connectivity index (χ3v) is 5.28. The van der Waals surface area contributed by atoms with Crippen LogP contribution in [-0.2, 0) is 17.1 Å². The molecule has 0 spiro atoms. The van der Waals surface area contributed by atoms with Crippen LogP contribution < -0.4 is 4.87 Å². The molecule has 2 heterocycles. The number of rotatable bonds is 3. The normalized spacial score (nSPS) is 12.8. The van der Waals surface area contributed by atoms with Crippen molar-refractivity contribution in [3.05, 3.63) is 38.8 Å². The number of aliphatic carboxylic acids is 1. The van der Waals surface area contributed by atoms with Crippen LogP contribution in [0.15, 0.2) is 34.0 Å². The third-order valence-electron chi connectivity index (χ3n) is 3.02. The number of carboxylic acid groups (broad SMARTS) is 1. The first-order valence-corrected chi connectivity index (χ1v) is 7.63. The van der Waals surface area contributed by atoms with Crippen LogP contribution in [0.1, 0.15) is 11.3 Å². The highest BCUT2D eigenvalue weighted by molar-refractivity contribution is 7.98. The Balaban J connectivity index is 2.12. The summed E-state index contributed by atoms with van der Waals surface area (Å²) in [6.07, 6.45) is -0.0294. The van der Waals surface area contributed by atoms with Gasteiger partial charge in [0.25, 0.3) is 0 Å². The molecule has 0 amide bonds.